The number of nitrogens with one attached hydrogen (secondary N) is 1. The molecule has 0 saturated heterocycles. The highest BCUT2D eigenvalue weighted by Gasteiger charge is 2.34. The first kappa shape index (κ1) is 15.9. The topological polar surface area (TPSA) is 92.7 Å². The summed E-state index contributed by atoms with van der Waals surface area (Å²) in [6.07, 6.45) is 0. The van der Waals surface area contributed by atoms with Crippen LogP contribution in [0.15, 0.2) is 27.6 Å². The molecule has 0 heterocycles. The molecule has 0 aromatic heterocycles. The lowest BCUT2D eigenvalue weighted by Gasteiger charge is -2.21. The normalized spacial score (nSPS) is 12.2. The predicted octanol–water partition coefficient (Wildman–Crippen LogP) is 1.60. The number of rotatable bonds is 5. The standard InChI is InChI=1S/C11H14BrNO5S/c1-11(2,10(14)15)13-19(16,17)9-6-7(12)4-5-8(9)18-3/h4-6,13H,1-3H3,(H,14,15). The van der Waals surface area contributed by atoms with Crippen LogP contribution in [-0.2, 0) is 14.8 Å². The molecule has 0 aliphatic heterocycles. The molecule has 0 unspecified atom stereocenters. The number of ether oxygens (including phenoxy) is 1. The van der Waals surface area contributed by atoms with Crippen LogP contribution in [-0.4, -0.2) is 32.1 Å². The van der Waals surface area contributed by atoms with Gasteiger partial charge in [0, 0.05) is 4.47 Å². The first-order valence-corrected chi connectivity index (χ1v) is 7.48. The molecule has 0 aliphatic carbocycles. The number of carboxylic acid groups (broad SMARTS) is 1. The molecule has 2 N–H and O–H groups in total. The monoisotopic (exact) mass is 351 g/mol. The molecule has 0 fully saturated rings. The third-order valence-electron chi connectivity index (χ3n) is 2.34. The van der Waals surface area contributed by atoms with Gasteiger partial charge in [0.25, 0.3) is 0 Å². The van der Waals surface area contributed by atoms with Gasteiger partial charge < -0.3 is 9.84 Å². The van der Waals surface area contributed by atoms with Crippen molar-refractivity contribution in [1.82, 2.24) is 4.72 Å². The maximum atomic E-state index is 12.2. The lowest BCUT2D eigenvalue weighted by molar-refractivity contribution is -0.142. The molecular formula is C11H14BrNO5S. The average molecular weight is 352 g/mol. The zero-order valence-corrected chi connectivity index (χ0v) is 13.0. The van der Waals surface area contributed by atoms with Crippen molar-refractivity contribution in [1.29, 1.82) is 0 Å². The van der Waals surface area contributed by atoms with Gasteiger partial charge in [-0.2, -0.15) is 4.72 Å². The maximum absolute atomic E-state index is 12.2. The minimum atomic E-state index is -4.01. The number of methoxy groups -OCH3 is 1. The molecule has 0 aliphatic rings. The van der Waals surface area contributed by atoms with Crippen molar-refractivity contribution < 1.29 is 23.1 Å². The number of carboxylic acids is 1. The number of hydrogen-bond acceptors (Lipinski definition) is 4. The number of halogens is 1. The Balaban J connectivity index is 3.28. The minimum Gasteiger partial charge on any atom is -0.495 e. The van der Waals surface area contributed by atoms with Crippen molar-refractivity contribution in [3.05, 3.63) is 22.7 Å². The molecule has 1 aromatic carbocycles. The molecule has 106 valence electrons. The highest BCUT2D eigenvalue weighted by Crippen LogP contribution is 2.28. The summed E-state index contributed by atoms with van der Waals surface area (Å²) >= 11 is 3.16. The average Bonchev–Trinajstić information content (AvgIpc) is 2.27. The van der Waals surface area contributed by atoms with Gasteiger partial charge >= 0.3 is 5.97 Å². The van der Waals surface area contributed by atoms with Gasteiger partial charge in [0.1, 0.15) is 16.2 Å². The second-order valence-corrected chi connectivity index (χ2v) is 6.90. The van der Waals surface area contributed by atoms with Gasteiger partial charge in [-0.05, 0) is 32.0 Å². The van der Waals surface area contributed by atoms with E-state index in [0.717, 1.165) is 0 Å². The molecule has 0 radical (unpaired) electrons. The van der Waals surface area contributed by atoms with Crippen LogP contribution in [0.5, 0.6) is 5.75 Å². The third kappa shape index (κ3) is 3.68. The van der Waals surface area contributed by atoms with Crippen LogP contribution in [0.4, 0.5) is 0 Å². The van der Waals surface area contributed by atoms with E-state index in [1.54, 1.807) is 6.07 Å². The van der Waals surface area contributed by atoms with E-state index in [1.165, 1.54) is 33.1 Å². The second kappa shape index (κ2) is 5.48. The van der Waals surface area contributed by atoms with E-state index in [4.69, 9.17) is 9.84 Å². The van der Waals surface area contributed by atoms with Crippen molar-refractivity contribution in [3.63, 3.8) is 0 Å². The Morgan fingerprint density at radius 1 is 1.42 bits per heavy atom. The Morgan fingerprint density at radius 2 is 2.00 bits per heavy atom. The Kier molecular flexibility index (Phi) is 4.59. The Hall–Kier alpha value is -1.12. The SMILES string of the molecule is COc1ccc(Br)cc1S(=O)(=O)NC(C)(C)C(=O)O. The van der Waals surface area contributed by atoms with Crippen LogP contribution < -0.4 is 9.46 Å². The fourth-order valence-corrected chi connectivity index (χ4v) is 3.38. The summed E-state index contributed by atoms with van der Waals surface area (Å²) in [5.74, 6) is -1.14. The van der Waals surface area contributed by atoms with Gasteiger partial charge in [-0.15, -0.1) is 0 Å². The summed E-state index contributed by atoms with van der Waals surface area (Å²) in [7, 11) is -2.68. The predicted molar refractivity (Wildman–Crippen MR) is 72.7 cm³/mol. The summed E-state index contributed by atoms with van der Waals surface area (Å²) in [6, 6.07) is 4.45. The highest BCUT2D eigenvalue weighted by molar-refractivity contribution is 9.10. The van der Waals surface area contributed by atoms with Gasteiger partial charge in [-0.3, -0.25) is 4.79 Å². The van der Waals surface area contributed by atoms with Crippen LogP contribution in [0.3, 0.4) is 0 Å². The number of sulfonamides is 1. The van der Waals surface area contributed by atoms with Gasteiger partial charge in [0.05, 0.1) is 7.11 Å². The molecule has 0 atom stereocenters. The number of carbonyl (C=O) groups is 1. The summed E-state index contributed by atoms with van der Waals surface area (Å²) in [5.41, 5.74) is -1.62. The number of aliphatic carboxylic acids is 1. The minimum absolute atomic E-state index is 0.126. The van der Waals surface area contributed by atoms with E-state index in [9.17, 15) is 13.2 Å². The molecule has 1 aromatic rings. The number of hydrogen-bond donors (Lipinski definition) is 2. The van der Waals surface area contributed by atoms with E-state index in [-0.39, 0.29) is 10.6 Å². The second-order valence-electron chi connectivity index (χ2n) is 4.33. The lowest BCUT2D eigenvalue weighted by Crippen LogP contribution is -2.49. The van der Waals surface area contributed by atoms with Gasteiger partial charge in [0.2, 0.25) is 10.0 Å². The third-order valence-corrected chi connectivity index (χ3v) is 4.51. The molecule has 1 rings (SSSR count). The van der Waals surface area contributed by atoms with Crippen LogP contribution in [0.2, 0.25) is 0 Å². The summed E-state index contributed by atoms with van der Waals surface area (Å²) < 4.78 is 32.1. The first-order chi connectivity index (χ1) is 8.60. The summed E-state index contributed by atoms with van der Waals surface area (Å²) in [6.45, 7) is 2.52. The van der Waals surface area contributed by atoms with Gasteiger partial charge in [-0.1, -0.05) is 15.9 Å². The van der Waals surface area contributed by atoms with E-state index >= 15 is 0 Å². The van der Waals surface area contributed by atoms with E-state index in [1.807, 2.05) is 0 Å². The van der Waals surface area contributed by atoms with Crippen LogP contribution in [0, 0.1) is 0 Å². The largest absolute Gasteiger partial charge is 0.495 e. The molecule has 6 nitrogen and oxygen atoms in total. The number of benzene rings is 1. The smallest absolute Gasteiger partial charge is 0.324 e. The fraction of sp³-hybridized carbons (Fsp3) is 0.364. The maximum Gasteiger partial charge on any atom is 0.324 e. The van der Waals surface area contributed by atoms with Gasteiger partial charge in [0.15, 0.2) is 0 Å². The lowest BCUT2D eigenvalue weighted by atomic mass is 10.1. The first-order valence-electron chi connectivity index (χ1n) is 5.21. The van der Waals surface area contributed by atoms with Crippen molar-refractivity contribution in [2.24, 2.45) is 0 Å². The molecular weight excluding hydrogens is 338 g/mol. The zero-order chi connectivity index (χ0) is 14.8. The Morgan fingerprint density at radius 3 is 2.47 bits per heavy atom. The Bertz CT molecular complexity index is 597. The van der Waals surface area contributed by atoms with Crippen LogP contribution >= 0.6 is 15.9 Å². The van der Waals surface area contributed by atoms with Crippen molar-refractivity contribution in [2.45, 2.75) is 24.3 Å². The van der Waals surface area contributed by atoms with Crippen LogP contribution in [0.1, 0.15) is 13.8 Å². The highest BCUT2D eigenvalue weighted by atomic mass is 79.9. The van der Waals surface area contributed by atoms with Gasteiger partial charge in [-0.25, -0.2) is 8.42 Å². The molecule has 0 amide bonds. The molecule has 8 heteroatoms. The zero-order valence-electron chi connectivity index (χ0n) is 10.6. The molecule has 0 saturated carbocycles. The fourth-order valence-electron chi connectivity index (χ4n) is 1.30. The van der Waals surface area contributed by atoms with E-state index in [2.05, 4.69) is 20.7 Å². The molecule has 0 bridgehead atoms. The van der Waals surface area contributed by atoms with Crippen LogP contribution in [0.25, 0.3) is 0 Å². The van der Waals surface area contributed by atoms with Crippen molar-refractivity contribution in [3.8, 4) is 5.75 Å². The van der Waals surface area contributed by atoms with Crippen molar-refractivity contribution >= 4 is 31.9 Å². The van der Waals surface area contributed by atoms with Crippen molar-refractivity contribution in [2.75, 3.05) is 7.11 Å². The molecule has 0 spiro atoms. The van der Waals surface area contributed by atoms with E-state index in [0.29, 0.717) is 4.47 Å². The summed E-state index contributed by atoms with van der Waals surface area (Å²) in [4.78, 5) is 10.9. The summed E-state index contributed by atoms with van der Waals surface area (Å²) in [5, 5.41) is 8.97. The Labute approximate surface area is 120 Å². The quantitative estimate of drug-likeness (QED) is 0.840. The van der Waals surface area contributed by atoms with E-state index < -0.39 is 21.5 Å². The molecule has 19 heavy (non-hydrogen) atoms.